The minimum absolute atomic E-state index is 0. The number of hydrogen-bond acceptors (Lipinski definition) is 3. The molecule has 5 nitrogen and oxygen atoms in total. The van der Waals surface area contributed by atoms with Crippen molar-refractivity contribution in [1.82, 2.24) is 14.9 Å². The number of halogens is 2. The number of fused-ring (bicyclic) bond motifs is 1. The van der Waals surface area contributed by atoms with Crippen molar-refractivity contribution in [2.45, 2.75) is 58.4 Å². The number of para-hydroxylation sites is 2. The van der Waals surface area contributed by atoms with Gasteiger partial charge in [-0.3, -0.25) is 4.79 Å². The van der Waals surface area contributed by atoms with E-state index in [4.69, 9.17) is 5.73 Å². The molecule has 0 aliphatic heterocycles. The van der Waals surface area contributed by atoms with Crippen LogP contribution in [-0.2, 0) is 11.3 Å². The smallest absolute Gasteiger partial charge is 0.220 e. The predicted molar refractivity (Wildman–Crippen MR) is 116 cm³/mol. The van der Waals surface area contributed by atoms with Gasteiger partial charge in [0.1, 0.15) is 5.82 Å². The quantitative estimate of drug-likeness (QED) is 0.672. The van der Waals surface area contributed by atoms with Crippen LogP contribution in [0.4, 0.5) is 0 Å². The summed E-state index contributed by atoms with van der Waals surface area (Å²) in [6, 6.07) is 8.19. The lowest BCUT2D eigenvalue weighted by atomic mass is 9.71. The molecule has 0 saturated heterocycles. The first-order valence-corrected chi connectivity index (χ1v) is 9.52. The van der Waals surface area contributed by atoms with Crippen molar-refractivity contribution in [2.75, 3.05) is 13.1 Å². The average molecular weight is 415 g/mol. The number of nitrogens with one attached hydrogen (secondary N) is 1. The van der Waals surface area contributed by atoms with Crippen molar-refractivity contribution in [3.05, 3.63) is 30.1 Å². The highest BCUT2D eigenvalue weighted by atomic mass is 35.5. The van der Waals surface area contributed by atoms with Crippen LogP contribution in [0, 0.1) is 12.3 Å². The molecular weight excluding hydrogens is 383 g/mol. The third kappa shape index (κ3) is 5.84. The van der Waals surface area contributed by atoms with Gasteiger partial charge in [0.15, 0.2) is 0 Å². The molecule has 3 rings (SSSR count). The fourth-order valence-corrected chi connectivity index (χ4v) is 4.10. The zero-order valence-corrected chi connectivity index (χ0v) is 17.7. The standard InChI is InChI=1S/C20H30N4O.2ClH/c1-16-23-17-8-3-4-9-18(17)24(16)13-7-12-22-19(25)14-20(15-21)10-5-2-6-11-20;;/h3-4,8-9H,2,5-7,10-15,21H2,1H3,(H,22,25);2*1H. The number of carbonyl (C=O) groups excluding carboxylic acids is 1. The van der Waals surface area contributed by atoms with Crippen LogP contribution in [0.2, 0.25) is 0 Å². The average Bonchev–Trinajstić information content (AvgIpc) is 2.95. The first-order chi connectivity index (χ1) is 12.1. The molecule has 1 aliphatic rings. The summed E-state index contributed by atoms with van der Waals surface area (Å²) in [6.45, 7) is 4.23. The van der Waals surface area contributed by atoms with Crippen molar-refractivity contribution in [1.29, 1.82) is 0 Å². The Morgan fingerprint density at radius 3 is 2.63 bits per heavy atom. The topological polar surface area (TPSA) is 72.9 Å². The van der Waals surface area contributed by atoms with E-state index >= 15 is 0 Å². The Bertz CT molecular complexity index is 726. The van der Waals surface area contributed by atoms with Gasteiger partial charge in [0.05, 0.1) is 11.0 Å². The molecule has 1 heterocycles. The van der Waals surface area contributed by atoms with E-state index in [1.54, 1.807) is 0 Å². The molecule has 0 spiro atoms. The highest BCUT2D eigenvalue weighted by molar-refractivity contribution is 5.85. The molecule has 1 fully saturated rings. The number of rotatable bonds is 7. The van der Waals surface area contributed by atoms with E-state index in [1.807, 2.05) is 25.1 Å². The van der Waals surface area contributed by atoms with Gasteiger partial charge >= 0.3 is 0 Å². The summed E-state index contributed by atoms with van der Waals surface area (Å²) in [5.41, 5.74) is 8.22. The summed E-state index contributed by atoms with van der Waals surface area (Å²) in [5, 5.41) is 3.09. The second-order valence-corrected chi connectivity index (χ2v) is 7.44. The van der Waals surface area contributed by atoms with E-state index in [9.17, 15) is 4.79 Å². The van der Waals surface area contributed by atoms with E-state index < -0.39 is 0 Å². The zero-order valence-electron chi connectivity index (χ0n) is 16.1. The Balaban J connectivity index is 0.00000182. The third-order valence-corrected chi connectivity index (χ3v) is 5.61. The molecule has 152 valence electrons. The van der Waals surface area contributed by atoms with Crippen molar-refractivity contribution in [3.63, 3.8) is 0 Å². The van der Waals surface area contributed by atoms with Crippen LogP contribution in [0.1, 0.15) is 50.8 Å². The lowest BCUT2D eigenvalue weighted by Crippen LogP contribution is -2.39. The molecule has 3 N–H and O–H groups in total. The van der Waals surface area contributed by atoms with Crippen molar-refractivity contribution in [3.8, 4) is 0 Å². The minimum atomic E-state index is 0. The minimum Gasteiger partial charge on any atom is -0.356 e. The van der Waals surface area contributed by atoms with Crippen LogP contribution < -0.4 is 11.1 Å². The van der Waals surface area contributed by atoms with E-state index in [2.05, 4.69) is 20.9 Å². The fourth-order valence-electron chi connectivity index (χ4n) is 4.10. The normalized spacial score (nSPS) is 15.6. The molecule has 0 unspecified atom stereocenters. The van der Waals surface area contributed by atoms with Gasteiger partial charge < -0.3 is 15.6 Å². The summed E-state index contributed by atoms with van der Waals surface area (Å²) < 4.78 is 2.23. The second-order valence-electron chi connectivity index (χ2n) is 7.44. The van der Waals surface area contributed by atoms with E-state index in [1.165, 1.54) is 19.3 Å². The van der Waals surface area contributed by atoms with Gasteiger partial charge in [-0.15, -0.1) is 24.8 Å². The summed E-state index contributed by atoms with van der Waals surface area (Å²) >= 11 is 0. The number of nitrogens with two attached hydrogens (primary N) is 1. The van der Waals surface area contributed by atoms with Gasteiger partial charge in [-0.05, 0) is 50.3 Å². The Kier molecular flexibility index (Phi) is 9.57. The Morgan fingerprint density at radius 2 is 1.93 bits per heavy atom. The third-order valence-electron chi connectivity index (χ3n) is 5.61. The van der Waals surface area contributed by atoms with Gasteiger partial charge in [0, 0.05) is 19.5 Å². The van der Waals surface area contributed by atoms with Gasteiger partial charge in [0.25, 0.3) is 0 Å². The Morgan fingerprint density at radius 1 is 1.22 bits per heavy atom. The van der Waals surface area contributed by atoms with E-state index in [-0.39, 0.29) is 36.1 Å². The maximum absolute atomic E-state index is 12.3. The number of aromatic nitrogens is 2. The van der Waals surface area contributed by atoms with Gasteiger partial charge in [0.2, 0.25) is 5.91 Å². The van der Waals surface area contributed by atoms with Crippen molar-refractivity contribution >= 4 is 41.8 Å². The van der Waals surface area contributed by atoms with Crippen LogP contribution in [0.5, 0.6) is 0 Å². The van der Waals surface area contributed by atoms with E-state index in [0.29, 0.717) is 19.5 Å². The van der Waals surface area contributed by atoms with Crippen molar-refractivity contribution < 1.29 is 4.79 Å². The first-order valence-electron chi connectivity index (χ1n) is 9.52. The number of carbonyl (C=O) groups is 1. The maximum Gasteiger partial charge on any atom is 0.220 e. The van der Waals surface area contributed by atoms with Crippen LogP contribution in [0.3, 0.4) is 0 Å². The molecule has 7 heteroatoms. The predicted octanol–water partition coefficient (Wildman–Crippen LogP) is 3.99. The molecule has 1 saturated carbocycles. The number of hydrogen-bond donors (Lipinski definition) is 2. The largest absolute Gasteiger partial charge is 0.356 e. The summed E-state index contributed by atoms with van der Waals surface area (Å²) in [4.78, 5) is 16.9. The molecule has 1 amide bonds. The summed E-state index contributed by atoms with van der Waals surface area (Å²) in [6.07, 6.45) is 7.36. The van der Waals surface area contributed by atoms with Crippen LogP contribution in [0.25, 0.3) is 11.0 Å². The lowest BCUT2D eigenvalue weighted by molar-refractivity contribution is -0.123. The van der Waals surface area contributed by atoms with Gasteiger partial charge in [-0.25, -0.2) is 4.98 Å². The second kappa shape index (κ2) is 10.9. The van der Waals surface area contributed by atoms with Gasteiger partial charge in [-0.1, -0.05) is 31.4 Å². The van der Waals surface area contributed by atoms with Crippen LogP contribution in [0.15, 0.2) is 24.3 Å². The maximum atomic E-state index is 12.3. The monoisotopic (exact) mass is 414 g/mol. The molecule has 2 aromatic rings. The van der Waals surface area contributed by atoms with E-state index in [0.717, 1.165) is 42.7 Å². The molecule has 1 aromatic carbocycles. The fraction of sp³-hybridized carbons (Fsp3) is 0.600. The summed E-state index contributed by atoms with van der Waals surface area (Å²) in [7, 11) is 0. The number of imidazole rings is 1. The lowest BCUT2D eigenvalue weighted by Gasteiger charge is -2.35. The Hall–Kier alpha value is -1.30. The molecule has 27 heavy (non-hydrogen) atoms. The summed E-state index contributed by atoms with van der Waals surface area (Å²) in [5.74, 6) is 1.18. The number of nitrogens with zero attached hydrogens (tertiary/aromatic N) is 2. The van der Waals surface area contributed by atoms with Gasteiger partial charge in [-0.2, -0.15) is 0 Å². The molecule has 1 aliphatic carbocycles. The molecule has 0 bridgehead atoms. The van der Waals surface area contributed by atoms with Crippen molar-refractivity contribution in [2.24, 2.45) is 11.1 Å². The molecule has 0 radical (unpaired) electrons. The number of aryl methyl sites for hydroxylation is 2. The highest BCUT2D eigenvalue weighted by Crippen LogP contribution is 2.38. The zero-order chi connectivity index (χ0) is 17.7. The molecule has 0 atom stereocenters. The number of benzene rings is 1. The highest BCUT2D eigenvalue weighted by Gasteiger charge is 2.32. The number of amides is 1. The van der Waals surface area contributed by atoms with Crippen LogP contribution >= 0.6 is 24.8 Å². The molecular formula is C20H32Cl2N4O. The first kappa shape index (κ1) is 23.7. The van der Waals surface area contributed by atoms with Crippen LogP contribution in [-0.4, -0.2) is 28.5 Å². The SMILES string of the molecule is Cc1nc2ccccc2n1CCCNC(=O)CC1(CN)CCCCC1.Cl.Cl. The Labute approximate surface area is 174 Å². The molecule has 1 aromatic heterocycles.